The molecule has 0 radical (unpaired) electrons. The van der Waals surface area contributed by atoms with Gasteiger partial charge in [0, 0.05) is 24.0 Å². The van der Waals surface area contributed by atoms with Gasteiger partial charge >= 0.3 is 6.03 Å². The molecule has 122 valence electrons. The number of hydrogen-bond donors (Lipinski definition) is 2. The van der Waals surface area contributed by atoms with Crippen molar-refractivity contribution in [1.82, 2.24) is 15.2 Å². The average molecular weight is 331 g/mol. The number of amides is 2. The van der Waals surface area contributed by atoms with Crippen LogP contribution in [0.25, 0.3) is 11.3 Å². The maximum atomic E-state index is 12.3. The first-order valence-corrected chi connectivity index (χ1v) is 8.76. The Morgan fingerprint density at radius 1 is 1.43 bits per heavy atom. The van der Waals surface area contributed by atoms with Gasteiger partial charge in [-0.1, -0.05) is 30.3 Å². The summed E-state index contributed by atoms with van der Waals surface area (Å²) in [6, 6.07) is 9.72. The van der Waals surface area contributed by atoms with Crippen molar-refractivity contribution in [2.45, 2.75) is 31.9 Å². The van der Waals surface area contributed by atoms with E-state index in [9.17, 15) is 9.90 Å². The van der Waals surface area contributed by atoms with E-state index in [0.717, 1.165) is 29.1 Å². The number of aliphatic hydroxyl groups is 1. The van der Waals surface area contributed by atoms with Crippen molar-refractivity contribution in [2.24, 2.45) is 0 Å². The van der Waals surface area contributed by atoms with Gasteiger partial charge in [-0.3, -0.25) is 0 Å². The number of nitrogens with one attached hydrogen (secondary N) is 1. The van der Waals surface area contributed by atoms with Gasteiger partial charge < -0.3 is 15.3 Å². The predicted molar refractivity (Wildman–Crippen MR) is 91.3 cm³/mol. The van der Waals surface area contributed by atoms with Crippen LogP contribution in [0.1, 0.15) is 30.8 Å². The largest absolute Gasteiger partial charge is 0.391 e. The molecule has 2 aromatic rings. The minimum atomic E-state index is -0.408. The molecule has 1 aromatic heterocycles. The monoisotopic (exact) mass is 331 g/mol. The summed E-state index contributed by atoms with van der Waals surface area (Å²) >= 11 is 1.55. The number of β-amino-alcohol motifs (C(OH)–C–C–N with tert-alkyl or cyclic N) is 1. The van der Waals surface area contributed by atoms with Gasteiger partial charge in [0.15, 0.2) is 0 Å². The maximum Gasteiger partial charge on any atom is 0.318 e. The first kappa shape index (κ1) is 16.0. The van der Waals surface area contributed by atoms with Gasteiger partial charge in [-0.05, 0) is 19.8 Å². The SMILES string of the molecule is CC(NC(=O)N1CCCC(O)C1)c1nc(-c2ccccc2)cs1. The van der Waals surface area contributed by atoms with Crippen LogP contribution in [-0.4, -0.2) is 40.2 Å². The normalized spacial score (nSPS) is 19.4. The van der Waals surface area contributed by atoms with E-state index in [1.807, 2.05) is 42.6 Å². The molecule has 2 N–H and O–H groups in total. The van der Waals surface area contributed by atoms with Gasteiger partial charge in [0.1, 0.15) is 5.01 Å². The molecule has 6 heteroatoms. The molecule has 1 saturated heterocycles. The Balaban J connectivity index is 1.63. The lowest BCUT2D eigenvalue weighted by atomic mass is 10.1. The van der Waals surface area contributed by atoms with Crippen molar-refractivity contribution in [1.29, 1.82) is 0 Å². The fourth-order valence-corrected chi connectivity index (χ4v) is 3.54. The van der Waals surface area contributed by atoms with E-state index < -0.39 is 6.10 Å². The molecule has 1 aliphatic rings. The highest BCUT2D eigenvalue weighted by atomic mass is 32.1. The third-order valence-corrected chi connectivity index (χ3v) is 5.01. The third-order valence-electron chi connectivity index (χ3n) is 3.99. The second-order valence-corrected chi connectivity index (χ2v) is 6.74. The maximum absolute atomic E-state index is 12.3. The van der Waals surface area contributed by atoms with E-state index in [-0.39, 0.29) is 12.1 Å². The summed E-state index contributed by atoms with van der Waals surface area (Å²) in [5.41, 5.74) is 2.01. The Morgan fingerprint density at radius 3 is 2.96 bits per heavy atom. The lowest BCUT2D eigenvalue weighted by Crippen LogP contribution is -2.47. The van der Waals surface area contributed by atoms with Crippen LogP contribution >= 0.6 is 11.3 Å². The molecule has 2 unspecified atom stereocenters. The Kier molecular flexibility index (Phi) is 4.93. The summed E-state index contributed by atoms with van der Waals surface area (Å²) in [7, 11) is 0. The van der Waals surface area contributed by atoms with Crippen molar-refractivity contribution in [3.63, 3.8) is 0 Å². The minimum absolute atomic E-state index is 0.132. The molecule has 0 spiro atoms. The van der Waals surface area contributed by atoms with Crippen LogP contribution in [0.5, 0.6) is 0 Å². The van der Waals surface area contributed by atoms with E-state index >= 15 is 0 Å². The molecule has 0 bridgehead atoms. The van der Waals surface area contributed by atoms with Crippen molar-refractivity contribution in [3.8, 4) is 11.3 Å². The average Bonchev–Trinajstić information content (AvgIpc) is 3.06. The zero-order valence-electron chi connectivity index (χ0n) is 13.1. The molecule has 2 heterocycles. The zero-order chi connectivity index (χ0) is 16.2. The van der Waals surface area contributed by atoms with E-state index in [1.54, 1.807) is 16.2 Å². The summed E-state index contributed by atoms with van der Waals surface area (Å²) in [6.45, 7) is 3.04. The molecule has 1 fully saturated rings. The summed E-state index contributed by atoms with van der Waals surface area (Å²) in [6.07, 6.45) is 1.21. The molecule has 5 nitrogen and oxygen atoms in total. The highest BCUT2D eigenvalue weighted by Gasteiger charge is 2.24. The number of urea groups is 1. The molecular formula is C17H21N3O2S. The number of carbonyl (C=O) groups excluding carboxylic acids is 1. The van der Waals surface area contributed by atoms with Crippen LogP contribution in [0, 0.1) is 0 Å². The summed E-state index contributed by atoms with van der Waals surface area (Å²) < 4.78 is 0. The highest BCUT2D eigenvalue weighted by molar-refractivity contribution is 7.10. The van der Waals surface area contributed by atoms with E-state index in [1.165, 1.54) is 0 Å². The Morgan fingerprint density at radius 2 is 2.22 bits per heavy atom. The molecule has 0 saturated carbocycles. The second-order valence-electron chi connectivity index (χ2n) is 5.85. The molecule has 1 aromatic carbocycles. The lowest BCUT2D eigenvalue weighted by Gasteiger charge is -2.31. The van der Waals surface area contributed by atoms with Gasteiger partial charge in [0.2, 0.25) is 0 Å². The van der Waals surface area contributed by atoms with E-state index in [4.69, 9.17) is 0 Å². The van der Waals surface area contributed by atoms with Gasteiger partial charge in [0.05, 0.1) is 17.8 Å². The minimum Gasteiger partial charge on any atom is -0.391 e. The van der Waals surface area contributed by atoms with Gasteiger partial charge in [-0.15, -0.1) is 11.3 Å². The number of rotatable bonds is 3. The molecule has 2 atom stereocenters. The number of aromatic nitrogens is 1. The van der Waals surface area contributed by atoms with Crippen LogP contribution in [0.2, 0.25) is 0 Å². The Labute approximate surface area is 140 Å². The van der Waals surface area contributed by atoms with Crippen molar-refractivity contribution >= 4 is 17.4 Å². The zero-order valence-corrected chi connectivity index (χ0v) is 13.9. The van der Waals surface area contributed by atoms with Crippen LogP contribution in [0.3, 0.4) is 0 Å². The predicted octanol–water partition coefficient (Wildman–Crippen LogP) is 3.04. The van der Waals surface area contributed by atoms with Gasteiger partial charge in [0.25, 0.3) is 0 Å². The van der Waals surface area contributed by atoms with Crippen LogP contribution in [0.4, 0.5) is 4.79 Å². The first-order chi connectivity index (χ1) is 11.1. The number of likely N-dealkylation sites (tertiary alicyclic amines) is 1. The van der Waals surface area contributed by atoms with E-state index in [2.05, 4.69) is 10.3 Å². The van der Waals surface area contributed by atoms with Crippen LogP contribution in [0.15, 0.2) is 35.7 Å². The fraction of sp³-hybridized carbons (Fsp3) is 0.412. The standard InChI is InChI=1S/C17H21N3O2S/c1-12(18-17(22)20-9-5-8-14(21)10-20)16-19-15(11-23-16)13-6-3-2-4-7-13/h2-4,6-7,11-12,14,21H,5,8-10H2,1H3,(H,18,22). The Hall–Kier alpha value is -1.92. The fourth-order valence-electron chi connectivity index (χ4n) is 2.71. The third kappa shape index (κ3) is 3.89. The lowest BCUT2D eigenvalue weighted by molar-refractivity contribution is 0.0835. The highest BCUT2D eigenvalue weighted by Crippen LogP contribution is 2.25. The van der Waals surface area contributed by atoms with Crippen LogP contribution in [-0.2, 0) is 0 Å². The number of thiazole rings is 1. The summed E-state index contributed by atoms with van der Waals surface area (Å²) in [5.74, 6) is 0. The number of benzene rings is 1. The number of aliphatic hydroxyl groups excluding tert-OH is 1. The molecule has 1 aliphatic heterocycles. The molecule has 23 heavy (non-hydrogen) atoms. The van der Waals surface area contributed by atoms with Crippen molar-refractivity contribution in [2.75, 3.05) is 13.1 Å². The van der Waals surface area contributed by atoms with Crippen LogP contribution < -0.4 is 5.32 Å². The molecule has 3 rings (SSSR count). The smallest absolute Gasteiger partial charge is 0.318 e. The summed E-state index contributed by atoms with van der Waals surface area (Å²) in [4.78, 5) is 18.6. The van der Waals surface area contributed by atoms with E-state index in [0.29, 0.717) is 13.1 Å². The molecular weight excluding hydrogens is 310 g/mol. The number of carbonyl (C=O) groups is 1. The van der Waals surface area contributed by atoms with Gasteiger partial charge in [-0.25, -0.2) is 9.78 Å². The quantitative estimate of drug-likeness (QED) is 0.908. The molecule has 2 amide bonds. The topological polar surface area (TPSA) is 65.5 Å². The summed E-state index contributed by atoms with van der Waals surface area (Å²) in [5, 5.41) is 15.5. The first-order valence-electron chi connectivity index (χ1n) is 7.88. The molecule has 0 aliphatic carbocycles. The number of nitrogens with zero attached hydrogens (tertiary/aromatic N) is 2. The van der Waals surface area contributed by atoms with Gasteiger partial charge in [-0.2, -0.15) is 0 Å². The second kappa shape index (κ2) is 7.10. The van der Waals surface area contributed by atoms with Crippen molar-refractivity contribution < 1.29 is 9.90 Å². The van der Waals surface area contributed by atoms with Crippen molar-refractivity contribution in [3.05, 3.63) is 40.7 Å². The Bertz CT molecular complexity index is 659. The number of piperidine rings is 1. The number of hydrogen-bond acceptors (Lipinski definition) is 4.